The van der Waals surface area contributed by atoms with Crippen molar-refractivity contribution in [3.63, 3.8) is 0 Å². The summed E-state index contributed by atoms with van der Waals surface area (Å²) in [6, 6.07) is -0.489. The van der Waals surface area contributed by atoms with Crippen molar-refractivity contribution in [3.05, 3.63) is 11.7 Å². The van der Waals surface area contributed by atoms with Crippen LogP contribution in [0.15, 0.2) is 4.52 Å². The summed E-state index contributed by atoms with van der Waals surface area (Å²) in [7, 11) is 0. The van der Waals surface area contributed by atoms with Gasteiger partial charge in [-0.2, -0.15) is 4.98 Å². The van der Waals surface area contributed by atoms with Crippen molar-refractivity contribution in [3.8, 4) is 0 Å². The number of hydrogen-bond acceptors (Lipinski definition) is 5. The van der Waals surface area contributed by atoms with Gasteiger partial charge in [-0.3, -0.25) is 4.79 Å². The van der Waals surface area contributed by atoms with E-state index in [0.29, 0.717) is 11.7 Å². The number of aromatic nitrogens is 2. The van der Waals surface area contributed by atoms with Crippen LogP contribution >= 0.6 is 0 Å². The molecule has 0 radical (unpaired) electrons. The molecule has 0 saturated heterocycles. The maximum Gasteiger partial charge on any atom is 0.315 e. The Kier molecular flexibility index (Phi) is 4.24. The Hall–Kier alpha value is -2.12. The van der Waals surface area contributed by atoms with Gasteiger partial charge in [0.05, 0.1) is 13.0 Å². The van der Waals surface area contributed by atoms with Gasteiger partial charge in [0.15, 0.2) is 5.82 Å². The molecule has 3 N–H and O–H groups in total. The number of carboxylic acid groups (broad SMARTS) is 1. The lowest BCUT2D eigenvalue weighted by Gasteiger charge is -2.24. The Morgan fingerprint density at radius 2 is 2.11 bits per heavy atom. The standard InChI is InChI=1S/C10H16N4O4/c1-6-12-7(18-14-6)5-11-9(17)13-10(2,3)4-8(15)16/h4-5H2,1-3H3,(H,15,16)(H2,11,13,17). The molecule has 0 saturated carbocycles. The third-order valence-corrected chi connectivity index (χ3v) is 2.01. The van der Waals surface area contributed by atoms with Crippen molar-refractivity contribution >= 4 is 12.0 Å². The largest absolute Gasteiger partial charge is 0.481 e. The van der Waals surface area contributed by atoms with Crippen molar-refractivity contribution in [1.29, 1.82) is 0 Å². The van der Waals surface area contributed by atoms with Gasteiger partial charge in [0.2, 0.25) is 5.89 Å². The highest BCUT2D eigenvalue weighted by atomic mass is 16.5. The number of amides is 2. The molecule has 1 aromatic heterocycles. The second-order valence-electron chi connectivity index (χ2n) is 4.50. The average Bonchev–Trinajstić information content (AvgIpc) is 2.58. The molecule has 0 unspecified atom stereocenters. The number of carbonyl (C=O) groups is 2. The molecule has 0 fully saturated rings. The fourth-order valence-corrected chi connectivity index (χ4v) is 1.34. The van der Waals surface area contributed by atoms with Gasteiger partial charge in [-0.1, -0.05) is 5.16 Å². The van der Waals surface area contributed by atoms with Crippen LogP contribution < -0.4 is 10.6 Å². The Labute approximate surface area is 104 Å². The molecule has 100 valence electrons. The molecule has 18 heavy (non-hydrogen) atoms. The zero-order valence-corrected chi connectivity index (χ0v) is 10.5. The zero-order valence-electron chi connectivity index (χ0n) is 10.5. The van der Waals surface area contributed by atoms with E-state index in [-0.39, 0.29) is 13.0 Å². The maximum atomic E-state index is 11.5. The van der Waals surface area contributed by atoms with Crippen molar-refractivity contribution < 1.29 is 19.2 Å². The lowest BCUT2D eigenvalue weighted by atomic mass is 10.0. The number of carboxylic acids is 1. The summed E-state index contributed by atoms with van der Waals surface area (Å²) in [5.41, 5.74) is -0.833. The number of carbonyl (C=O) groups excluding carboxylic acids is 1. The molecule has 1 rings (SSSR count). The van der Waals surface area contributed by atoms with Crippen molar-refractivity contribution in [2.45, 2.75) is 39.3 Å². The molecule has 0 bridgehead atoms. The van der Waals surface area contributed by atoms with Gasteiger partial charge >= 0.3 is 12.0 Å². The molecular formula is C10H16N4O4. The smallest absolute Gasteiger partial charge is 0.315 e. The van der Waals surface area contributed by atoms with Crippen LogP contribution in [0.4, 0.5) is 4.79 Å². The third kappa shape index (κ3) is 4.81. The number of aryl methyl sites for hydroxylation is 1. The molecule has 0 aliphatic carbocycles. The van der Waals surface area contributed by atoms with Gasteiger partial charge in [0.1, 0.15) is 0 Å². The van der Waals surface area contributed by atoms with Gasteiger partial charge in [-0.15, -0.1) is 0 Å². The van der Waals surface area contributed by atoms with Crippen LogP contribution in [0.5, 0.6) is 0 Å². The number of rotatable bonds is 5. The summed E-state index contributed by atoms with van der Waals surface area (Å²) in [5, 5.41) is 17.3. The van der Waals surface area contributed by atoms with Crippen molar-refractivity contribution in [2.75, 3.05) is 0 Å². The van der Waals surface area contributed by atoms with Crippen molar-refractivity contribution in [1.82, 2.24) is 20.8 Å². The first-order chi connectivity index (χ1) is 8.28. The molecule has 0 aliphatic heterocycles. The fraction of sp³-hybridized carbons (Fsp3) is 0.600. The monoisotopic (exact) mass is 256 g/mol. The van der Waals surface area contributed by atoms with Gasteiger partial charge < -0.3 is 20.3 Å². The summed E-state index contributed by atoms with van der Waals surface area (Å²) in [6.07, 6.45) is -0.167. The van der Waals surface area contributed by atoms with E-state index in [4.69, 9.17) is 9.63 Å². The minimum atomic E-state index is -0.979. The minimum absolute atomic E-state index is 0.0931. The summed E-state index contributed by atoms with van der Waals surface area (Å²) in [5.74, 6) is -0.204. The van der Waals surface area contributed by atoms with Crippen LogP contribution in [0.3, 0.4) is 0 Å². The first-order valence-corrected chi connectivity index (χ1v) is 5.35. The van der Waals surface area contributed by atoms with Crippen LogP contribution in [0.1, 0.15) is 32.0 Å². The molecular weight excluding hydrogens is 240 g/mol. The van der Waals surface area contributed by atoms with Gasteiger partial charge in [-0.25, -0.2) is 4.79 Å². The average molecular weight is 256 g/mol. The van der Waals surface area contributed by atoms with Crippen molar-refractivity contribution in [2.24, 2.45) is 0 Å². The van der Waals surface area contributed by atoms with Crippen LogP contribution in [0.25, 0.3) is 0 Å². The minimum Gasteiger partial charge on any atom is -0.481 e. The van der Waals surface area contributed by atoms with Crippen LogP contribution in [0.2, 0.25) is 0 Å². The molecule has 1 aromatic rings. The summed E-state index contributed by atoms with van der Waals surface area (Å²) in [4.78, 5) is 26.0. The zero-order chi connectivity index (χ0) is 13.8. The molecule has 2 amide bonds. The Morgan fingerprint density at radius 1 is 1.44 bits per heavy atom. The highest BCUT2D eigenvalue weighted by Crippen LogP contribution is 2.07. The molecule has 0 aromatic carbocycles. The SMILES string of the molecule is Cc1noc(CNC(=O)NC(C)(C)CC(=O)O)n1. The van der Waals surface area contributed by atoms with Gasteiger partial charge in [0, 0.05) is 5.54 Å². The topological polar surface area (TPSA) is 117 Å². The second kappa shape index (κ2) is 5.48. The second-order valence-corrected chi connectivity index (χ2v) is 4.50. The van der Waals surface area contributed by atoms with E-state index >= 15 is 0 Å². The Bertz CT molecular complexity index is 441. The highest BCUT2D eigenvalue weighted by molar-refractivity contribution is 5.76. The third-order valence-electron chi connectivity index (χ3n) is 2.01. The van der Waals surface area contributed by atoms with E-state index in [1.54, 1.807) is 20.8 Å². The van der Waals surface area contributed by atoms with E-state index in [1.807, 2.05) is 0 Å². The quantitative estimate of drug-likeness (QED) is 0.703. The van der Waals surface area contributed by atoms with Crippen LogP contribution in [-0.2, 0) is 11.3 Å². The van der Waals surface area contributed by atoms with Gasteiger partial charge in [0.25, 0.3) is 0 Å². The molecule has 0 atom stereocenters. The van der Waals surface area contributed by atoms with Crippen LogP contribution in [-0.4, -0.2) is 32.8 Å². The Balaban J connectivity index is 2.39. The Morgan fingerprint density at radius 3 is 2.61 bits per heavy atom. The van der Waals surface area contributed by atoms with E-state index in [1.165, 1.54) is 0 Å². The number of hydrogen-bond donors (Lipinski definition) is 3. The predicted molar refractivity (Wildman–Crippen MR) is 60.7 cm³/mol. The number of urea groups is 1. The predicted octanol–water partition coefficient (Wildman–Crippen LogP) is 0.431. The number of nitrogens with zero attached hydrogens (tertiary/aromatic N) is 2. The summed E-state index contributed by atoms with van der Waals surface area (Å²) in [6.45, 7) is 5.01. The first kappa shape index (κ1) is 13.9. The maximum absolute atomic E-state index is 11.5. The fourth-order valence-electron chi connectivity index (χ4n) is 1.34. The lowest BCUT2D eigenvalue weighted by Crippen LogP contribution is -2.49. The molecule has 8 nitrogen and oxygen atoms in total. The van der Waals surface area contributed by atoms with Crippen LogP contribution in [0, 0.1) is 6.92 Å². The molecule has 0 spiro atoms. The van der Waals surface area contributed by atoms with E-state index < -0.39 is 17.5 Å². The lowest BCUT2D eigenvalue weighted by molar-refractivity contribution is -0.138. The number of nitrogens with one attached hydrogen (secondary N) is 2. The molecule has 1 heterocycles. The molecule has 0 aliphatic rings. The van der Waals surface area contributed by atoms with E-state index in [0.717, 1.165) is 0 Å². The number of aliphatic carboxylic acids is 1. The van der Waals surface area contributed by atoms with E-state index in [9.17, 15) is 9.59 Å². The van der Waals surface area contributed by atoms with E-state index in [2.05, 4.69) is 20.8 Å². The van der Waals surface area contributed by atoms with Gasteiger partial charge in [-0.05, 0) is 20.8 Å². The molecule has 8 heteroatoms. The summed E-state index contributed by atoms with van der Waals surface area (Å²) < 4.78 is 4.81. The first-order valence-electron chi connectivity index (χ1n) is 5.35. The summed E-state index contributed by atoms with van der Waals surface area (Å²) >= 11 is 0. The highest BCUT2D eigenvalue weighted by Gasteiger charge is 2.23. The normalized spacial score (nSPS) is 11.1.